The lowest BCUT2D eigenvalue weighted by Gasteiger charge is -2.19. The molecule has 1 N–H and O–H groups in total. The van der Waals surface area contributed by atoms with Gasteiger partial charge in [0.15, 0.2) is 11.5 Å². The summed E-state index contributed by atoms with van der Waals surface area (Å²) < 4.78 is 42.5. The zero-order chi connectivity index (χ0) is 23.5. The summed E-state index contributed by atoms with van der Waals surface area (Å²) in [7, 11) is 0. The number of carbonyl (C=O) groups is 1. The molecule has 0 spiro atoms. The molecule has 33 heavy (non-hydrogen) atoms. The number of hydrogen-bond donors (Lipinski definition) is 1. The highest BCUT2D eigenvalue weighted by Crippen LogP contribution is 2.47. The fourth-order valence-corrected chi connectivity index (χ4v) is 4.45. The average molecular weight is 477 g/mol. The Bertz CT molecular complexity index is 1380. The van der Waals surface area contributed by atoms with Gasteiger partial charge in [-0.3, -0.25) is 4.79 Å². The monoisotopic (exact) mass is 476 g/mol. The fraction of sp³-hybridized carbons (Fsp3) is 0.300. The van der Waals surface area contributed by atoms with Gasteiger partial charge in [-0.15, -0.1) is 4.80 Å². The molecule has 0 radical (unpaired) electrons. The Labute approximate surface area is 189 Å². The lowest BCUT2D eigenvalue weighted by atomic mass is 9.86. The number of rotatable bonds is 3. The number of fused-ring (bicyclic) bond motifs is 3. The van der Waals surface area contributed by atoms with E-state index in [-0.39, 0.29) is 10.8 Å². The topological polar surface area (TPSA) is 103 Å². The zero-order valence-electron chi connectivity index (χ0n) is 17.3. The molecule has 0 fully saturated rings. The Morgan fingerprint density at radius 3 is 2.64 bits per heavy atom. The highest BCUT2D eigenvalue weighted by atomic mass is 35.5. The molecule has 1 aliphatic carbocycles. The second-order valence-corrected chi connectivity index (χ2v) is 8.74. The summed E-state index contributed by atoms with van der Waals surface area (Å²) in [6.45, 7) is 3.94. The number of hydrogen-bond acceptors (Lipinski definition) is 6. The molecule has 9 nitrogen and oxygen atoms in total. The number of alkyl halides is 3. The quantitative estimate of drug-likeness (QED) is 0.482. The average Bonchev–Trinajstić information content (AvgIpc) is 3.44. The van der Waals surface area contributed by atoms with Crippen LogP contribution in [-0.2, 0) is 16.4 Å². The number of carbonyl (C=O) groups excluding carboxylic acids is 1. The van der Waals surface area contributed by atoms with Gasteiger partial charge in [0.25, 0.3) is 0 Å². The summed E-state index contributed by atoms with van der Waals surface area (Å²) in [5, 5.41) is 14.5. The highest BCUT2D eigenvalue weighted by Gasteiger charge is 2.43. The largest absolute Gasteiger partial charge is 0.420 e. The summed E-state index contributed by atoms with van der Waals surface area (Å²) >= 11 is 6.02. The van der Waals surface area contributed by atoms with Gasteiger partial charge in [0.1, 0.15) is 10.7 Å². The number of aromatic nitrogens is 7. The second-order valence-electron chi connectivity index (χ2n) is 8.35. The van der Waals surface area contributed by atoms with E-state index in [1.54, 1.807) is 16.9 Å². The van der Waals surface area contributed by atoms with Gasteiger partial charge < -0.3 is 5.32 Å². The van der Waals surface area contributed by atoms with Crippen LogP contribution in [0.25, 0.3) is 11.5 Å². The minimum atomic E-state index is -4.73. The normalized spacial score (nSPS) is 17.3. The zero-order valence-corrected chi connectivity index (χ0v) is 18.1. The van der Waals surface area contributed by atoms with Crippen molar-refractivity contribution in [1.82, 2.24) is 34.6 Å². The van der Waals surface area contributed by atoms with Crippen LogP contribution in [-0.4, -0.2) is 40.5 Å². The van der Waals surface area contributed by atoms with Crippen molar-refractivity contribution in [3.63, 3.8) is 0 Å². The van der Waals surface area contributed by atoms with Gasteiger partial charge in [0.05, 0.1) is 42.6 Å². The maximum atomic E-state index is 13.7. The van der Waals surface area contributed by atoms with Crippen molar-refractivity contribution < 1.29 is 18.0 Å². The van der Waals surface area contributed by atoms with Crippen molar-refractivity contribution in [2.75, 3.05) is 5.32 Å². The third-order valence-corrected chi connectivity index (χ3v) is 5.81. The van der Waals surface area contributed by atoms with Crippen molar-refractivity contribution >= 4 is 28.8 Å². The predicted molar refractivity (Wildman–Crippen MR) is 111 cm³/mol. The molecule has 4 aromatic heterocycles. The molecule has 0 saturated heterocycles. The van der Waals surface area contributed by atoms with Gasteiger partial charge in [0, 0.05) is 5.56 Å². The Morgan fingerprint density at radius 1 is 1.21 bits per heavy atom. The van der Waals surface area contributed by atoms with E-state index in [9.17, 15) is 18.0 Å². The van der Waals surface area contributed by atoms with Crippen LogP contribution in [0.5, 0.6) is 0 Å². The molecule has 1 amide bonds. The summed E-state index contributed by atoms with van der Waals surface area (Å²) in [4.78, 5) is 22.1. The molecule has 0 aromatic carbocycles. The molecule has 0 bridgehead atoms. The molecule has 1 aliphatic rings. The summed E-state index contributed by atoms with van der Waals surface area (Å²) in [6, 6.07) is 0.820. The van der Waals surface area contributed by atoms with Crippen LogP contribution in [0.4, 0.5) is 18.9 Å². The molecule has 13 heteroatoms. The maximum absolute atomic E-state index is 13.7. The van der Waals surface area contributed by atoms with Gasteiger partial charge in [-0.2, -0.15) is 28.5 Å². The number of halogens is 4. The van der Waals surface area contributed by atoms with Crippen LogP contribution < -0.4 is 5.32 Å². The van der Waals surface area contributed by atoms with Crippen LogP contribution in [0.3, 0.4) is 0 Å². The number of nitrogens with zero attached hydrogens (tertiary/aromatic N) is 7. The summed E-state index contributed by atoms with van der Waals surface area (Å²) in [5.74, 6) is -1.59. The maximum Gasteiger partial charge on any atom is 0.420 e. The number of amides is 1. The van der Waals surface area contributed by atoms with E-state index < -0.39 is 34.8 Å². The molecule has 1 atom stereocenters. The van der Waals surface area contributed by atoms with Crippen molar-refractivity contribution in [3.8, 4) is 5.82 Å². The first-order valence-electron chi connectivity index (χ1n) is 9.83. The third kappa shape index (κ3) is 3.59. The van der Waals surface area contributed by atoms with E-state index in [0.29, 0.717) is 17.6 Å². The standard InChI is InChI=1S/C20H16ClF3N8O/c1-19(2)6-11(12-8-28-31-9-14(21)30-17(31)15(12)19)18(33)29-10-5-13(20(22,23)24)16(25-7-10)32-26-3-4-27-32/h3-5,7-9,11H,6H2,1-2H3,(H,29,33). The predicted octanol–water partition coefficient (Wildman–Crippen LogP) is 3.78. The number of pyridine rings is 1. The van der Waals surface area contributed by atoms with E-state index in [2.05, 4.69) is 30.6 Å². The Kier molecular flexibility index (Phi) is 4.67. The molecule has 0 aliphatic heterocycles. The Hall–Kier alpha value is -3.54. The smallest absolute Gasteiger partial charge is 0.324 e. The van der Waals surface area contributed by atoms with Gasteiger partial charge in [0.2, 0.25) is 5.91 Å². The van der Waals surface area contributed by atoms with Crippen LogP contribution in [0.15, 0.2) is 37.1 Å². The van der Waals surface area contributed by atoms with E-state index in [0.717, 1.165) is 22.6 Å². The lowest BCUT2D eigenvalue weighted by Crippen LogP contribution is -2.22. The SMILES string of the molecule is CC1(C)CC(C(=O)Nc2cnc(-n3nccn3)c(C(F)(F)F)c2)c2cnn3cc(Cl)nc3c21. The molecule has 4 aromatic rings. The van der Waals surface area contributed by atoms with E-state index in [1.807, 2.05) is 13.8 Å². The number of anilines is 1. The van der Waals surface area contributed by atoms with Crippen LogP contribution in [0, 0.1) is 0 Å². The van der Waals surface area contributed by atoms with Crippen molar-refractivity contribution in [1.29, 1.82) is 0 Å². The van der Waals surface area contributed by atoms with Gasteiger partial charge >= 0.3 is 6.18 Å². The number of nitrogens with one attached hydrogen (secondary N) is 1. The van der Waals surface area contributed by atoms with Crippen molar-refractivity contribution in [2.45, 2.75) is 37.8 Å². The highest BCUT2D eigenvalue weighted by molar-refractivity contribution is 6.29. The minimum Gasteiger partial charge on any atom is -0.324 e. The van der Waals surface area contributed by atoms with Gasteiger partial charge in [-0.1, -0.05) is 25.4 Å². The molecular weight excluding hydrogens is 461 g/mol. The molecule has 4 heterocycles. The number of imidazole rings is 1. The lowest BCUT2D eigenvalue weighted by molar-refractivity contribution is -0.137. The first kappa shape index (κ1) is 21.3. The third-order valence-electron chi connectivity index (χ3n) is 5.62. The van der Waals surface area contributed by atoms with Crippen LogP contribution >= 0.6 is 11.6 Å². The van der Waals surface area contributed by atoms with E-state index in [4.69, 9.17) is 11.6 Å². The molecule has 5 rings (SSSR count). The van der Waals surface area contributed by atoms with Gasteiger partial charge in [-0.25, -0.2) is 14.5 Å². The Morgan fingerprint density at radius 2 is 1.94 bits per heavy atom. The summed E-state index contributed by atoms with van der Waals surface area (Å²) in [5.41, 5.74) is 0.454. The molecular formula is C20H16ClF3N8O. The molecule has 1 unspecified atom stereocenters. The van der Waals surface area contributed by atoms with Crippen molar-refractivity contribution in [3.05, 3.63) is 58.9 Å². The first-order chi connectivity index (χ1) is 15.5. The Balaban J connectivity index is 1.49. The summed E-state index contributed by atoms with van der Waals surface area (Å²) in [6.07, 6.45) is 2.47. The van der Waals surface area contributed by atoms with Crippen molar-refractivity contribution in [2.24, 2.45) is 0 Å². The first-order valence-corrected chi connectivity index (χ1v) is 10.2. The van der Waals surface area contributed by atoms with E-state index >= 15 is 0 Å². The second kappa shape index (κ2) is 7.24. The van der Waals surface area contributed by atoms with Crippen LogP contribution in [0.1, 0.15) is 42.9 Å². The molecule has 0 saturated carbocycles. The van der Waals surface area contributed by atoms with Gasteiger partial charge in [-0.05, 0) is 23.5 Å². The van der Waals surface area contributed by atoms with E-state index in [1.165, 1.54) is 12.4 Å². The minimum absolute atomic E-state index is 0.0904. The molecule has 170 valence electrons. The fourth-order valence-electron chi connectivity index (χ4n) is 4.28. The van der Waals surface area contributed by atoms with Crippen LogP contribution in [0.2, 0.25) is 5.15 Å².